The van der Waals surface area contributed by atoms with E-state index in [4.69, 9.17) is 0 Å². The molecule has 0 aliphatic heterocycles. The zero-order chi connectivity index (χ0) is 10.4. The summed E-state index contributed by atoms with van der Waals surface area (Å²) in [6.07, 6.45) is 1.91. The standard InChI is InChI=1S/C11H17N3/c1-4-6-7-14-10(3)13-9-11(14)8-12-5-2/h9,12H,5,7-8H2,1-3H3. The molecule has 0 amide bonds. The van der Waals surface area contributed by atoms with E-state index in [1.54, 1.807) is 0 Å². The van der Waals surface area contributed by atoms with Gasteiger partial charge in [-0.3, -0.25) is 0 Å². The molecular formula is C11H17N3. The molecule has 0 aliphatic rings. The van der Waals surface area contributed by atoms with E-state index >= 15 is 0 Å². The van der Waals surface area contributed by atoms with E-state index in [1.165, 1.54) is 5.69 Å². The van der Waals surface area contributed by atoms with E-state index in [0.717, 1.165) is 25.5 Å². The first-order valence-electron chi connectivity index (χ1n) is 4.91. The maximum atomic E-state index is 4.28. The van der Waals surface area contributed by atoms with Gasteiger partial charge in [0.1, 0.15) is 5.82 Å². The highest BCUT2D eigenvalue weighted by molar-refractivity contribution is 5.08. The monoisotopic (exact) mass is 191 g/mol. The van der Waals surface area contributed by atoms with Gasteiger partial charge in [-0.1, -0.05) is 12.8 Å². The first-order chi connectivity index (χ1) is 6.79. The van der Waals surface area contributed by atoms with Crippen LogP contribution in [0, 0.1) is 18.8 Å². The number of imidazole rings is 1. The highest BCUT2D eigenvalue weighted by atomic mass is 15.1. The summed E-state index contributed by atoms with van der Waals surface area (Å²) in [5, 5.41) is 3.29. The van der Waals surface area contributed by atoms with Gasteiger partial charge in [-0.15, -0.1) is 5.92 Å². The van der Waals surface area contributed by atoms with Crippen LogP contribution in [0.2, 0.25) is 0 Å². The van der Waals surface area contributed by atoms with E-state index in [0.29, 0.717) is 0 Å². The minimum Gasteiger partial charge on any atom is -0.319 e. The van der Waals surface area contributed by atoms with Gasteiger partial charge in [0.05, 0.1) is 12.2 Å². The number of hydrogen-bond acceptors (Lipinski definition) is 2. The van der Waals surface area contributed by atoms with Gasteiger partial charge in [0.25, 0.3) is 0 Å². The van der Waals surface area contributed by atoms with Crippen molar-refractivity contribution in [2.45, 2.75) is 33.9 Å². The number of nitrogens with one attached hydrogen (secondary N) is 1. The van der Waals surface area contributed by atoms with Crippen molar-refractivity contribution in [3.63, 3.8) is 0 Å². The Labute approximate surface area is 85.5 Å². The van der Waals surface area contributed by atoms with Crippen LogP contribution in [0.15, 0.2) is 6.20 Å². The number of nitrogens with zero attached hydrogens (tertiary/aromatic N) is 2. The second-order valence-corrected chi connectivity index (χ2v) is 3.09. The van der Waals surface area contributed by atoms with Crippen LogP contribution in [0.4, 0.5) is 0 Å². The molecule has 1 N–H and O–H groups in total. The highest BCUT2D eigenvalue weighted by Crippen LogP contribution is 2.03. The lowest BCUT2D eigenvalue weighted by Gasteiger charge is -2.06. The van der Waals surface area contributed by atoms with Crippen molar-refractivity contribution in [1.82, 2.24) is 14.9 Å². The summed E-state index contributed by atoms with van der Waals surface area (Å²) in [6, 6.07) is 0. The van der Waals surface area contributed by atoms with Crippen molar-refractivity contribution in [1.29, 1.82) is 0 Å². The molecule has 0 fully saturated rings. The van der Waals surface area contributed by atoms with E-state index < -0.39 is 0 Å². The van der Waals surface area contributed by atoms with Gasteiger partial charge in [-0.2, -0.15) is 0 Å². The fraction of sp³-hybridized carbons (Fsp3) is 0.545. The second kappa shape index (κ2) is 5.46. The number of rotatable bonds is 4. The van der Waals surface area contributed by atoms with Gasteiger partial charge in [0.2, 0.25) is 0 Å². The minimum atomic E-state index is 0.739. The molecule has 3 nitrogen and oxygen atoms in total. The Morgan fingerprint density at radius 3 is 3.00 bits per heavy atom. The molecule has 76 valence electrons. The van der Waals surface area contributed by atoms with E-state index in [-0.39, 0.29) is 0 Å². The zero-order valence-corrected chi connectivity index (χ0v) is 9.09. The third-order valence-corrected chi connectivity index (χ3v) is 2.11. The molecule has 0 radical (unpaired) electrons. The molecule has 1 rings (SSSR count). The molecule has 1 aromatic heterocycles. The van der Waals surface area contributed by atoms with E-state index in [2.05, 4.69) is 33.6 Å². The SMILES string of the molecule is CC#CCn1c(CNCC)cnc1C. The molecule has 0 unspecified atom stereocenters. The summed E-state index contributed by atoms with van der Waals surface area (Å²) in [6.45, 7) is 8.54. The molecular weight excluding hydrogens is 174 g/mol. The van der Waals surface area contributed by atoms with Gasteiger partial charge >= 0.3 is 0 Å². The Bertz CT molecular complexity index is 341. The summed E-state index contributed by atoms with van der Waals surface area (Å²) in [7, 11) is 0. The third kappa shape index (κ3) is 2.61. The Kier molecular flexibility index (Phi) is 4.21. The van der Waals surface area contributed by atoms with Gasteiger partial charge in [0, 0.05) is 12.7 Å². The van der Waals surface area contributed by atoms with Gasteiger partial charge < -0.3 is 9.88 Å². The highest BCUT2D eigenvalue weighted by Gasteiger charge is 2.03. The fourth-order valence-corrected chi connectivity index (χ4v) is 1.28. The third-order valence-electron chi connectivity index (χ3n) is 2.11. The molecule has 0 aliphatic carbocycles. The van der Waals surface area contributed by atoms with Gasteiger partial charge in [-0.25, -0.2) is 4.98 Å². The Morgan fingerprint density at radius 2 is 2.36 bits per heavy atom. The Morgan fingerprint density at radius 1 is 1.57 bits per heavy atom. The number of aryl methyl sites for hydroxylation is 1. The molecule has 0 aromatic carbocycles. The van der Waals surface area contributed by atoms with Crippen LogP contribution in [0.25, 0.3) is 0 Å². The van der Waals surface area contributed by atoms with Crippen LogP contribution in [0.3, 0.4) is 0 Å². The number of aromatic nitrogens is 2. The largest absolute Gasteiger partial charge is 0.319 e. The first-order valence-corrected chi connectivity index (χ1v) is 4.91. The van der Waals surface area contributed by atoms with Crippen molar-refractivity contribution < 1.29 is 0 Å². The predicted octanol–water partition coefficient (Wildman–Crippen LogP) is 1.32. The van der Waals surface area contributed by atoms with E-state index in [1.807, 2.05) is 20.0 Å². The lowest BCUT2D eigenvalue weighted by atomic mass is 10.4. The predicted molar refractivity (Wildman–Crippen MR) is 57.8 cm³/mol. The molecule has 3 heteroatoms. The summed E-state index contributed by atoms with van der Waals surface area (Å²) < 4.78 is 2.14. The Hall–Kier alpha value is -1.27. The van der Waals surface area contributed by atoms with Crippen molar-refractivity contribution in [3.05, 3.63) is 17.7 Å². The molecule has 0 atom stereocenters. The van der Waals surface area contributed by atoms with Crippen LogP contribution in [-0.2, 0) is 13.1 Å². The zero-order valence-electron chi connectivity index (χ0n) is 9.09. The first kappa shape index (κ1) is 10.8. The van der Waals surface area contributed by atoms with Crippen molar-refractivity contribution >= 4 is 0 Å². The lowest BCUT2D eigenvalue weighted by Crippen LogP contribution is -2.15. The molecule has 1 heterocycles. The molecule has 0 saturated carbocycles. The van der Waals surface area contributed by atoms with Crippen molar-refractivity contribution in [2.24, 2.45) is 0 Å². The average molecular weight is 191 g/mol. The normalized spacial score (nSPS) is 9.64. The van der Waals surface area contributed by atoms with Crippen LogP contribution < -0.4 is 5.32 Å². The smallest absolute Gasteiger partial charge is 0.106 e. The molecule has 14 heavy (non-hydrogen) atoms. The van der Waals surface area contributed by atoms with E-state index in [9.17, 15) is 0 Å². The molecule has 0 spiro atoms. The Balaban J connectivity index is 2.75. The fourth-order valence-electron chi connectivity index (χ4n) is 1.28. The van der Waals surface area contributed by atoms with Crippen LogP contribution in [-0.4, -0.2) is 16.1 Å². The maximum absolute atomic E-state index is 4.28. The van der Waals surface area contributed by atoms with Crippen LogP contribution in [0.5, 0.6) is 0 Å². The summed E-state index contributed by atoms with van der Waals surface area (Å²) >= 11 is 0. The molecule has 1 aromatic rings. The van der Waals surface area contributed by atoms with Gasteiger partial charge in [-0.05, 0) is 20.4 Å². The maximum Gasteiger partial charge on any atom is 0.106 e. The quantitative estimate of drug-likeness (QED) is 0.727. The molecule has 0 saturated heterocycles. The van der Waals surface area contributed by atoms with Crippen molar-refractivity contribution in [3.8, 4) is 11.8 Å². The summed E-state index contributed by atoms with van der Waals surface area (Å²) in [5.74, 6) is 6.98. The summed E-state index contributed by atoms with van der Waals surface area (Å²) in [5.41, 5.74) is 1.20. The second-order valence-electron chi connectivity index (χ2n) is 3.09. The number of hydrogen-bond donors (Lipinski definition) is 1. The van der Waals surface area contributed by atoms with Gasteiger partial charge in [0.15, 0.2) is 0 Å². The minimum absolute atomic E-state index is 0.739. The lowest BCUT2D eigenvalue weighted by molar-refractivity contribution is 0.657. The topological polar surface area (TPSA) is 29.9 Å². The molecule has 0 bridgehead atoms. The van der Waals surface area contributed by atoms with Crippen molar-refractivity contribution in [2.75, 3.05) is 6.54 Å². The summed E-state index contributed by atoms with van der Waals surface area (Å²) in [4.78, 5) is 4.28. The van der Waals surface area contributed by atoms with Crippen LogP contribution >= 0.6 is 0 Å². The average Bonchev–Trinajstić information content (AvgIpc) is 2.53. The van der Waals surface area contributed by atoms with Crippen LogP contribution in [0.1, 0.15) is 25.4 Å².